The van der Waals surface area contributed by atoms with E-state index in [0.29, 0.717) is 11.3 Å². The molecule has 0 aromatic rings. The molecule has 0 aromatic carbocycles. The summed E-state index contributed by atoms with van der Waals surface area (Å²) in [6, 6.07) is 0. The van der Waals surface area contributed by atoms with Gasteiger partial charge in [-0.05, 0) is 5.57 Å². The fourth-order valence-corrected chi connectivity index (χ4v) is 0.860. The zero-order valence-corrected chi connectivity index (χ0v) is 5.98. The van der Waals surface area contributed by atoms with Crippen molar-refractivity contribution in [2.45, 2.75) is 6.42 Å². The van der Waals surface area contributed by atoms with Gasteiger partial charge in [-0.1, -0.05) is 6.58 Å². The molecule has 0 spiro atoms. The van der Waals surface area contributed by atoms with Gasteiger partial charge in [0.25, 0.3) is 0 Å². The van der Waals surface area contributed by atoms with Gasteiger partial charge in [0.15, 0.2) is 0 Å². The molecule has 1 aliphatic carbocycles. The van der Waals surface area contributed by atoms with Crippen molar-refractivity contribution in [1.82, 2.24) is 5.43 Å². The number of hydrazine groups is 1. The number of carbonyl (C=O) groups is 1. The Morgan fingerprint density at radius 3 is 2.91 bits per heavy atom. The molecule has 0 aromatic heterocycles. The minimum atomic E-state index is -0.301. The zero-order valence-electron chi connectivity index (χ0n) is 5.98. The van der Waals surface area contributed by atoms with Crippen LogP contribution in [0.4, 0.5) is 0 Å². The largest absolute Gasteiger partial charge is 0.324 e. The first-order chi connectivity index (χ1) is 5.15. The van der Waals surface area contributed by atoms with Crippen LogP contribution in [0.1, 0.15) is 6.42 Å². The summed E-state index contributed by atoms with van der Waals surface area (Å²) in [7, 11) is 0. The summed E-state index contributed by atoms with van der Waals surface area (Å²) < 4.78 is 0. The number of ketones is 1. The van der Waals surface area contributed by atoms with Crippen LogP contribution in [-0.4, -0.2) is 11.5 Å². The smallest absolute Gasteiger partial charge is 0.201 e. The van der Waals surface area contributed by atoms with Crippen LogP contribution in [0, 0.1) is 5.41 Å². The minimum absolute atomic E-state index is 0.0639. The number of allylic oxidation sites excluding steroid dienone is 2. The van der Waals surface area contributed by atoms with E-state index in [1.54, 1.807) is 0 Å². The Morgan fingerprint density at radius 1 is 1.73 bits per heavy atom. The Balaban J connectivity index is 2.97. The molecule has 0 fully saturated rings. The van der Waals surface area contributed by atoms with E-state index in [-0.39, 0.29) is 17.9 Å². The first-order valence-corrected chi connectivity index (χ1v) is 3.13. The Labute approximate surface area is 64.3 Å². The topological polar surface area (TPSA) is 79.0 Å². The van der Waals surface area contributed by atoms with Crippen LogP contribution < -0.4 is 11.3 Å². The summed E-state index contributed by atoms with van der Waals surface area (Å²) in [6.45, 7) is 3.65. The monoisotopic (exact) mass is 151 g/mol. The molecule has 0 saturated heterocycles. The number of rotatable bonds is 1. The third-order valence-corrected chi connectivity index (χ3v) is 1.50. The molecule has 4 N–H and O–H groups in total. The van der Waals surface area contributed by atoms with Gasteiger partial charge in [-0.3, -0.25) is 10.6 Å². The molecule has 0 aliphatic heterocycles. The van der Waals surface area contributed by atoms with Crippen LogP contribution >= 0.6 is 0 Å². The summed E-state index contributed by atoms with van der Waals surface area (Å²) in [4.78, 5) is 10.9. The second kappa shape index (κ2) is 2.67. The van der Waals surface area contributed by atoms with Gasteiger partial charge in [-0.25, -0.2) is 0 Å². The van der Waals surface area contributed by atoms with Crippen molar-refractivity contribution in [2.24, 2.45) is 5.84 Å². The Bertz CT molecular complexity index is 265. The maximum Gasteiger partial charge on any atom is 0.201 e. The van der Waals surface area contributed by atoms with Gasteiger partial charge in [0.1, 0.15) is 0 Å². The summed E-state index contributed by atoms with van der Waals surface area (Å²) >= 11 is 0. The second-order valence-electron chi connectivity index (χ2n) is 2.33. The highest BCUT2D eigenvalue weighted by Gasteiger charge is 2.17. The normalized spacial score (nSPS) is 18.3. The first kappa shape index (κ1) is 7.68. The molecular formula is C7H9N3O. The lowest BCUT2D eigenvalue weighted by Crippen LogP contribution is -2.28. The van der Waals surface area contributed by atoms with Crippen molar-refractivity contribution < 1.29 is 4.79 Å². The molecule has 0 saturated carbocycles. The lowest BCUT2D eigenvalue weighted by Gasteiger charge is -2.14. The van der Waals surface area contributed by atoms with Crippen molar-refractivity contribution >= 4 is 11.5 Å². The van der Waals surface area contributed by atoms with Crippen LogP contribution in [0.2, 0.25) is 0 Å². The van der Waals surface area contributed by atoms with E-state index >= 15 is 0 Å². The molecule has 0 bridgehead atoms. The standard InChI is InChI=1S/C7H9N3O/c1-4-2-5(8)7(11)3-6(4)10-9/h3,8,10H,1-2,9H2. The van der Waals surface area contributed by atoms with E-state index in [1.807, 2.05) is 0 Å². The van der Waals surface area contributed by atoms with Gasteiger partial charge in [0.05, 0.1) is 11.4 Å². The lowest BCUT2D eigenvalue weighted by atomic mass is 9.97. The molecule has 0 amide bonds. The van der Waals surface area contributed by atoms with Crippen molar-refractivity contribution in [3.05, 3.63) is 23.9 Å². The summed E-state index contributed by atoms with van der Waals surface area (Å²) in [6.07, 6.45) is 1.57. The van der Waals surface area contributed by atoms with E-state index in [4.69, 9.17) is 11.3 Å². The third kappa shape index (κ3) is 1.35. The Hall–Kier alpha value is -1.42. The van der Waals surface area contributed by atoms with Crippen LogP contribution in [0.25, 0.3) is 0 Å². The molecule has 0 heterocycles. The van der Waals surface area contributed by atoms with Gasteiger partial charge in [-0.2, -0.15) is 0 Å². The fraction of sp³-hybridized carbons (Fsp3) is 0.143. The Kier molecular flexibility index (Phi) is 1.87. The van der Waals surface area contributed by atoms with Crippen LogP contribution in [-0.2, 0) is 4.79 Å². The second-order valence-corrected chi connectivity index (χ2v) is 2.33. The SMILES string of the molecule is C=C1CC(=N)C(=O)C=C1NN. The number of hydrogen-bond acceptors (Lipinski definition) is 4. The van der Waals surface area contributed by atoms with E-state index in [1.165, 1.54) is 6.08 Å². The quantitative estimate of drug-likeness (QED) is 0.361. The number of hydrogen-bond donors (Lipinski definition) is 3. The van der Waals surface area contributed by atoms with Crippen molar-refractivity contribution in [2.75, 3.05) is 0 Å². The summed E-state index contributed by atoms with van der Waals surface area (Å²) in [5.74, 6) is 4.80. The zero-order chi connectivity index (χ0) is 8.43. The maximum atomic E-state index is 10.9. The predicted molar refractivity (Wildman–Crippen MR) is 41.9 cm³/mol. The van der Waals surface area contributed by atoms with E-state index < -0.39 is 0 Å². The van der Waals surface area contributed by atoms with Gasteiger partial charge >= 0.3 is 0 Å². The van der Waals surface area contributed by atoms with Crippen LogP contribution in [0.15, 0.2) is 23.9 Å². The van der Waals surface area contributed by atoms with Gasteiger partial charge in [0.2, 0.25) is 5.78 Å². The molecule has 58 valence electrons. The highest BCUT2D eigenvalue weighted by atomic mass is 16.1. The maximum absolute atomic E-state index is 10.9. The van der Waals surface area contributed by atoms with E-state index in [9.17, 15) is 4.79 Å². The first-order valence-electron chi connectivity index (χ1n) is 3.13. The van der Waals surface area contributed by atoms with Crippen molar-refractivity contribution in [3.8, 4) is 0 Å². The van der Waals surface area contributed by atoms with Crippen LogP contribution in [0.3, 0.4) is 0 Å². The van der Waals surface area contributed by atoms with Gasteiger partial charge in [-0.15, -0.1) is 0 Å². The average molecular weight is 151 g/mol. The number of carbonyl (C=O) groups excluding carboxylic acids is 1. The third-order valence-electron chi connectivity index (χ3n) is 1.50. The molecule has 0 atom stereocenters. The molecule has 0 unspecified atom stereocenters. The van der Waals surface area contributed by atoms with Gasteiger partial charge in [0, 0.05) is 12.5 Å². The highest BCUT2D eigenvalue weighted by Crippen LogP contribution is 2.14. The fourth-order valence-electron chi connectivity index (χ4n) is 0.860. The van der Waals surface area contributed by atoms with Gasteiger partial charge < -0.3 is 10.8 Å². The summed E-state index contributed by atoms with van der Waals surface area (Å²) in [5.41, 5.74) is 3.61. The highest BCUT2D eigenvalue weighted by molar-refractivity contribution is 6.44. The average Bonchev–Trinajstić information content (AvgIpc) is 1.97. The van der Waals surface area contributed by atoms with E-state index in [0.717, 1.165) is 0 Å². The molecule has 0 radical (unpaired) electrons. The summed E-state index contributed by atoms with van der Waals surface area (Å²) in [5, 5.41) is 7.17. The molecule has 1 aliphatic rings. The Morgan fingerprint density at radius 2 is 2.36 bits per heavy atom. The lowest BCUT2D eigenvalue weighted by molar-refractivity contribution is -0.109. The minimum Gasteiger partial charge on any atom is -0.324 e. The van der Waals surface area contributed by atoms with Crippen molar-refractivity contribution in [3.63, 3.8) is 0 Å². The molecule has 11 heavy (non-hydrogen) atoms. The number of nitrogens with one attached hydrogen (secondary N) is 2. The molecule has 1 rings (SSSR count). The molecular weight excluding hydrogens is 142 g/mol. The molecule has 4 nitrogen and oxygen atoms in total. The van der Waals surface area contributed by atoms with E-state index in [2.05, 4.69) is 12.0 Å². The molecule has 4 heteroatoms. The van der Waals surface area contributed by atoms with Crippen LogP contribution in [0.5, 0.6) is 0 Å². The number of nitrogens with two attached hydrogens (primary N) is 1. The van der Waals surface area contributed by atoms with Crippen molar-refractivity contribution in [1.29, 1.82) is 5.41 Å². The predicted octanol–water partition coefficient (Wildman–Crippen LogP) is -0.118.